The van der Waals surface area contributed by atoms with Crippen LogP contribution in [-0.4, -0.2) is 32.3 Å². The van der Waals surface area contributed by atoms with Crippen LogP contribution in [0, 0.1) is 0 Å². The van der Waals surface area contributed by atoms with Gasteiger partial charge in [-0.25, -0.2) is 0 Å². The van der Waals surface area contributed by atoms with E-state index in [0.717, 1.165) is 0 Å². The van der Waals surface area contributed by atoms with Crippen molar-refractivity contribution in [3.05, 3.63) is 0 Å². The zero-order valence-electron chi connectivity index (χ0n) is 6.20. The molecule has 0 rings (SSSR count). The summed E-state index contributed by atoms with van der Waals surface area (Å²) < 4.78 is 0. The summed E-state index contributed by atoms with van der Waals surface area (Å²) in [5.41, 5.74) is 1.58. The van der Waals surface area contributed by atoms with Crippen molar-refractivity contribution in [2.75, 3.05) is 13.2 Å². The van der Waals surface area contributed by atoms with Crippen molar-refractivity contribution in [3.8, 4) is 0 Å². The van der Waals surface area contributed by atoms with Gasteiger partial charge in [-0.2, -0.15) is 0 Å². The first kappa shape index (κ1) is 8.39. The predicted molar refractivity (Wildman–Crippen MR) is 46.3 cm³/mol. The van der Waals surface area contributed by atoms with Crippen LogP contribution in [0.15, 0.2) is 0 Å². The van der Waals surface area contributed by atoms with Crippen molar-refractivity contribution in [1.29, 1.82) is 0 Å². The van der Waals surface area contributed by atoms with Crippen molar-refractivity contribution in [3.63, 3.8) is 0 Å². The quantitative estimate of drug-likeness (QED) is 0.519. The molecule has 0 aromatic carbocycles. The third-order valence-electron chi connectivity index (χ3n) is 1.65. The molecule has 0 amide bonds. The fourth-order valence-corrected chi connectivity index (χ4v) is 5.20. The summed E-state index contributed by atoms with van der Waals surface area (Å²) >= 11 is 0. The number of hydrogen-bond acceptors (Lipinski definition) is 1. The minimum Gasteiger partial charge on any atom is -0.323 e. The lowest BCUT2D eigenvalue weighted by atomic mass is 11.0. The molecular weight excluding hydrogens is 130 g/mol. The van der Waals surface area contributed by atoms with Crippen LogP contribution in [0.4, 0.5) is 0 Å². The molecule has 0 spiro atoms. The second-order valence-corrected chi connectivity index (χ2v) is 8.46. The van der Waals surface area contributed by atoms with E-state index in [4.69, 9.17) is 0 Å². The second-order valence-electron chi connectivity index (χ2n) is 2.24. The van der Waals surface area contributed by atoms with Crippen molar-refractivity contribution < 1.29 is 0 Å². The molecule has 0 heterocycles. The monoisotopic (exact) mass is 147 g/mol. The van der Waals surface area contributed by atoms with Gasteiger partial charge in [-0.3, -0.25) is 0 Å². The highest BCUT2D eigenvalue weighted by Crippen LogP contribution is 1.91. The molecule has 0 aromatic rings. The summed E-state index contributed by atoms with van der Waals surface area (Å²) in [6.45, 7) is 2.33. The van der Waals surface area contributed by atoms with Gasteiger partial charge in [0.15, 0.2) is 0 Å². The molecule has 8 heavy (non-hydrogen) atoms. The van der Waals surface area contributed by atoms with E-state index in [0.29, 0.717) is 0 Å². The molecule has 0 aliphatic carbocycles. The topological polar surface area (TPSA) is 12.0 Å². The van der Waals surface area contributed by atoms with Crippen molar-refractivity contribution in [1.82, 2.24) is 5.32 Å². The van der Waals surface area contributed by atoms with Crippen LogP contribution in [-0.2, 0) is 0 Å². The number of hydrogen-bond donors (Lipinski definition) is 1. The van der Waals surface area contributed by atoms with Crippen LogP contribution < -0.4 is 5.32 Å². The van der Waals surface area contributed by atoms with Crippen molar-refractivity contribution in [2.24, 2.45) is 0 Å². The van der Waals surface area contributed by atoms with Crippen LogP contribution in [0.1, 0.15) is 6.92 Å². The summed E-state index contributed by atoms with van der Waals surface area (Å²) in [4.78, 5) is 0. The smallest absolute Gasteiger partial charge is 0.0491 e. The fourth-order valence-electron chi connectivity index (χ4n) is 0.866. The van der Waals surface area contributed by atoms with Gasteiger partial charge in [-0.1, -0.05) is 18.6 Å². The summed E-state index contributed by atoms with van der Waals surface area (Å²) in [5.74, 6) is 0. The summed E-state index contributed by atoms with van der Waals surface area (Å²) in [6, 6.07) is 1.48. The van der Waals surface area contributed by atoms with E-state index in [-0.39, 0.29) is 8.80 Å². The third kappa shape index (κ3) is 3.40. The molecule has 1 atom stereocenters. The van der Waals surface area contributed by atoms with Gasteiger partial charge in [-0.15, -0.1) is 0 Å². The van der Waals surface area contributed by atoms with Crippen LogP contribution in [0.25, 0.3) is 0 Å². The molecule has 0 saturated carbocycles. The Morgan fingerprint density at radius 1 is 1.62 bits per heavy atom. The predicted octanol–water partition coefficient (Wildman–Crippen LogP) is -0.685. The van der Waals surface area contributed by atoms with E-state index in [1.807, 2.05) is 0 Å². The Morgan fingerprint density at radius 2 is 2.25 bits per heavy atom. The highest BCUT2D eigenvalue weighted by molar-refractivity contribution is 6.65. The van der Waals surface area contributed by atoms with E-state index >= 15 is 0 Å². The summed E-state index contributed by atoms with van der Waals surface area (Å²) in [6.07, 6.45) is 1.35. The minimum atomic E-state index is -0.242. The van der Waals surface area contributed by atoms with Gasteiger partial charge in [-0.05, 0) is 23.5 Å². The van der Waals surface area contributed by atoms with Gasteiger partial charge in [0, 0.05) is 8.80 Å². The molecule has 0 aromatic heterocycles. The largest absolute Gasteiger partial charge is 0.323 e. The summed E-state index contributed by atoms with van der Waals surface area (Å²) in [5, 5.41) is 3.25. The Balaban J connectivity index is 3.07. The van der Waals surface area contributed by atoms with Gasteiger partial charge in [0.05, 0.1) is 0 Å². The zero-order chi connectivity index (χ0) is 6.41. The normalized spacial score (nSPS) is 14.2. The van der Waals surface area contributed by atoms with Crippen LogP contribution in [0.3, 0.4) is 0 Å². The highest BCUT2D eigenvalue weighted by Gasteiger charge is 2.00. The summed E-state index contributed by atoms with van der Waals surface area (Å²) in [7, 11) is 3.24. The molecular formula is C5H17NSi2. The first-order valence-electron chi connectivity index (χ1n) is 3.49. The fraction of sp³-hybridized carbons (Fsp3) is 1.00. The van der Waals surface area contributed by atoms with Crippen LogP contribution >= 0.6 is 0 Å². The average Bonchev–Trinajstić information content (AvgIpc) is 1.83. The molecule has 1 unspecified atom stereocenters. The van der Waals surface area contributed by atoms with Gasteiger partial charge >= 0.3 is 0 Å². The van der Waals surface area contributed by atoms with Crippen molar-refractivity contribution >= 4 is 19.0 Å². The Labute approximate surface area is 56.9 Å². The van der Waals surface area contributed by atoms with Gasteiger partial charge in [0.1, 0.15) is 0 Å². The molecule has 1 N–H and O–H groups in total. The Kier molecular flexibility index (Phi) is 5.80. The van der Waals surface area contributed by atoms with Crippen LogP contribution in [0.5, 0.6) is 0 Å². The first-order valence-corrected chi connectivity index (χ1v) is 7.36. The molecule has 0 radical (unpaired) electrons. The lowest BCUT2D eigenvalue weighted by Gasteiger charge is -2.07. The lowest BCUT2D eigenvalue weighted by molar-refractivity contribution is 0.950. The molecule has 0 saturated heterocycles. The molecule has 3 heteroatoms. The van der Waals surface area contributed by atoms with E-state index in [2.05, 4.69) is 19.3 Å². The lowest BCUT2D eigenvalue weighted by Crippen LogP contribution is -2.26. The Hall–Kier alpha value is 0.394. The molecule has 1 nitrogen and oxygen atoms in total. The molecule has 0 bridgehead atoms. The highest BCUT2D eigenvalue weighted by atomic mass is 28.3. The Morgan fingerprint density at radius 3 is 2.38 bits per heavy atom. The van der Waals surface area contributed by atoms with E-state index in [1.54, 1.807) is 5.67 Å². The maximum absolute atomic E-state index is 3.25. The van der Waals surface area contributed by atoms with E-state index in [1.165, 1.54) is 22.5 Å². The molecule has 50 valence electrons. The number of nitrogens with one attached hydrogen (secondary N) is 1. The first-order chi connectivity index (χ1) is 3.85. The van der Waals surface area contributed by atoms with Crippen LogP contribution in [0.2, 0.25) is 11.7 Å². The van der Waals surface area contributed by atoms with Crippen molar-refractivity contribution in [2.45, 2.75) is 18.6 Å². The maximum Gasteiger partial charge on any atom is 0.0491 e. The van der Waals surface area contributed by atoms with E-state index < -0.39 is 0 Å². The zero-order valence-corrected chi connectivity index (χ0v) is 9.35. The standard InChI is InChI=1S/C5H17NSi2/c1-3-8(5-7)4-6-2/h6,8H,3-5H2,1-2,7H3. The Bertz CT molecular complexity index is 45.7. The average molecular weight is 147 g/mol. The maximum atomic E-state index is 3.25. The second kappa shape index (κ2) is 5.53. The van der Waals surface area contributed by atoms with Gasteiger partial charge < -0.3 is 5.32 Å². The molecule has 0 aliphatic heterocycles. The third-order valence-corrected chi connectivity index (χ3v) is 8.41. The molecule has 0 aliphatic rings. The van der Waals surface area contributed by atoms with Gasteiger partial charge in [0.25, 0.3) is 0 Å². The number of rotatable bonds is 4. The van der Waals surface area contributed by atoms with Gasteiger partial charge in [0.2, 0.25) is 0 Å². The minimum absolute atomic E-state index is 0.242. The molecule has 0 fully saturated rings. The van der Waals surface area contributed by atoms with E-state index in [9.17, 15) is 0 Å². The SMILES string of the molecule is CC[SiH](C[SiH3])CNC.